The molecule has 0 bridgehead atoms. The van der Waals surface area contributed by atoms with Crippen molar-refractivity contribution in [1.29, 1.82) is 0 Å². The van der Waals surface area contributed by atoms with Gasteiger partial charge in [0.05, 0.1) is 10.7 Å². The van der Waals surface area contributed by atoms with Crippen LogP contribution in [-0.4, -0.2) is 11.0 Å². The first-order valence-electron chi connectivity index (χ1n) is 6.00. The van der Waals surface area contributed by atoms with Gasteiger partial charge in [-0.3, -0.25) is 10.1 Å². The van der Waals surface area contributed by atoms with Crippen molar-refractivity contribution in [3.63, 3.8) is 0 Å². The predicted molar refractivity (Wildman–Crippen MR) is 86.3 cm³/mol. The first kappa shape index (κ1) is 14.5. The fourth-order valence-corrected chi connectivity index (χ4v) is 2.06. The van der Waals surface area contributed by atoms with E-state index in [9.17, 15) is 4.79 Å². The van der Waals surface area contributed by atoms with Gasteiger partial charge in [0, 0.05) is 5.56 Å². The van der Waals surface area contributed by atoms with Gasteiger partial charge in [-0.25, -0.2) is 0 Å². The molecular weight excluding hydrogens is 292 g/mol. The highest BCUT2D eigenvalue weighted by molar-refractivity contribution is 7.80. The molecule has 0 saturated carbocycles. The average Bonchev–Trinajstić information content (AvgIpc) is 2.41. The maximum absolute atomic E-state index is 12.0. The highest BCUT2D eigenvalue weighted by Gasteiger charge is 2.08. The molecule has 1 amide bonds. The molecule has 0 atom stereocenters. The third-order valence-electron chi connectivity index (χ3n) is 2.63. The van der Waals surface area contributed by atoms with Crippen molar-refractivity contribution in [2.45, 2.75) is 6.92 Å². The topological polar surface area (TPSA) is 41.1 Å². The molecule has 0 aliphatic heterocycles. The van der Waals surface area contributed by atoms with Crippen molar-refractivity contribution < 1.29 is 4.79 Å². The number of aryl methyl sites for hydroxylation is 1. The first-order valence-corrected chi connectivity index (χ1v) is 6.78. The lowest BCUT2D eigenvalue weighted by atomic mass is 10.1. The Kier molecular flexibility index (Phi) is 4.71. The Bertz CT molecular complexity index is 658. The summed E-state index contributed by atoms with van der Waals surface area (Å²) in [6.07, 6.45) is 0. The van der Waals surface area contributed by atoms with E-state index in [-0.39, 0.29) is 11.0 Å². The zero-order chi connectivity index (χ0) is 14.5. The molecule has 0 saturated heterocycles. The number of carbonyl (C=O) groups excluding carboxylic acids is 1. The molecule has 3 nitrogen and oxygen atoms in total. The van der Waals surface area contributed by atoms with Crippen LogP contribution in [0.2, 0.25) is 5.02 Å². The van der Waals surface area contributed by atoms with Gasteiger partial charge in [-0.1, -0.05) is 41.4 Å². The Morgan fingerprint density at radius 3 is 2.60 bits per heavy atom. The van der Waals surface area contributed by atoms with E-state index in [1.54, 1.807) is 24.3 Å². The number of hydrogen-bond acceptors (Lipinski definition) is 2. The number of hydrogen-bond donors (Lipinski definition) is 2. The van der Waals surface area contributed by atoms with Crippen molar-refractivity contribution >= 4 is 40.5 Å². The smallest absolute Gasteiger partial charge is 0.257 e. The molecule has 0 spiro atoms. The summed E-state index contributed by atoms with van der Waals surface area (Å²) in [6.45, 7) is 1.93. The molecule has 5 heteroatoms. The second kappa shape index (κ2) is 6.50. The summed E-state index contributed by atoms with van der Waals surface area (Å²) in [5, 5.41) is 6.27. The van der Waals surface area contributed by atoms with Crippen LogP contribution in [0.5, 0.6) is 0 Å². The lowest BCUT2D eigenvalue weighted by Gasteiger charge is -2.10. The van der Waals surface area contributed by atoms with Gasteiger partial charge in [-0.15, -0.1) is 0 Å². The standard InChI is InChI=1S/C15H13ClN2OS/c1-10-5-4-6-11(9-10)14(19)18-15(20)17-13-8-3-2-7-12(13)16/h2-9H,1H3,(H2,17,18,19,20). The van der Waals surface area contributed by atoms with Gasteiger partial charge >= 0.3 is 0 Å². The normalized spacial score (nSPS) is 9.90. The number of rotatable bonds is 2. The summed E-state index contributed by atoms with van der Waals surface area (Å²) in [5.41, 5.74) is 2.24. The molecule has 0 fully saturated rings. The van der Waals surface area contributed by atoms with Crippen LogP contribution in [0.15, 0.2) is 48.5 Å². The summed E-state index contributed by atoms with van der Waals surface area (Å²) in [5.74, 6) is -0.252. The van der Waals surface area contributed by atoms with Crippen molar-refractivity contribution in [3.8, 4) is 0 Å². The zero-order valence-corrected chi connectivity index (χ0v) is 12.4. The number of para-hydroxylation sites is 1. The lowest BCUT2D eigenvalue weighted by Crippen LogP contribution is -2.34. The molecule has 102 valence electrons. The monoisotopic (exact) mass is 304 g/mol. The minimum Gasteiger partial charge on any atom is -0.331 e. The third kappa shape index (κ3) is 3.79. The molecule has 2 N–H and O–H groups in total. The van der Waals surface area contributed by atoms with Crippen molar-refractivity contribution in [1.82, 2.24) is 5.32 Å². The second-order valence-electron chi connectivity index (χ2n) is 4.26. The third-order valence-corrected chi connectivity index (χ3v) is 3.16. The fourth-order valence-electron chi connectivity index (χ4n) is 1.68. The Morgan fingerprint density at radius 2 is 1.90 bits per heavy atom. The molecule has 0 aliphatic rings. The van der Waals surface area contributed by atoms with Crippen LogP contribution in [0, 0.1) is 6.92 Å². The number of benzene rings is 2. The quantitative estimate of drug-likeness (QED) is 0.830. The molecule has 20 heavy (non-hydrogen) atoms. The molecule has 0 radical (unpaired) electrons. The maximum atomic E-state index is 12.0. The van der Waals surface area contributed by atoms with E-state index in [1.165, 1.54) is 0 Å². The zero-order valence-electron chi connectivity index (χ0n) is 10.8. The van der Waals surface area contributed by atoms with E-state index in [0.29, 0.717) is 16.3 Å². The second-order valence-corrected chi connectivity index (χ2v) is 5.07. The average molecular weight is 305 g/mol. The number of halogens is 1. The number of thiocarbonyl (C=S) groups is 1. The van der Waals surface area contributed by atoms with Crippen molar-refractivity contribution in [3.05, 3.63) is 64.7 Å². The Balaban J connectivity index is 2.02. The molecule has 2 aromatic rings. The Labute approximate surface area is 128 Å². The van der Waals surface area contributed by atoms with Crippen LogP contribution < -0.4 is 10.6 Å². The Morgan fingerprint density at radius 1 is 1.15 bits per heavy atom. The van der Waals surface area contributed by atoms with E-state index in [4.69, 9.17) is 23.8 Å². The van der Waals surface area contributed by atoms with Gasteiger partial charge in [0.25, 0.3) is 5.91 Å². The van der Waals surface area contributed by atoms with Crippen LogP contribution in [-0.2, 0) is 0 Å². The van der Waals surface area contributed by atoms with E-state index < -0.39 is 0 Å². The molecule has 2 aromatic carbocycles. The summed E-state index contributed by atoms with van der Waals surface area (Å²) in [7, 11) is 0. The summed E-state index contributed by atoms with van der Waals surface area (Å²) >= 11 is 11.1. The van der Waals surface area contributed by atoms with Gasteiger partial charge in [0.1, 0.15) is 0 Å². The van der Waals surface area contributed by atoms with Crippen LogP contribution >= 0.6 is 23.8 Å². The summed E-state index contributed by atoms with van der Waals surface area (Å²) in [4.78, 5) is 12.0. The molecule has 0 aromatic heterocycles. The fraction of sp³-hybridized carbons (Fsp3) is 0.0667. The molecule has 0 heterocycles. The number of nitrogens with one attached hydrogen (secondary N) is 2. The van der Waals surface area contributed by atoms with Gasteiger partial charge < -0.3 is 5.32 Å². The molecule has 0 unspecified atom stereocenters. The lowest BCUT2D eigenvalue weighted by molar-refractivity contribution is 0.0977. The number of carbonyl (C=O) groups is 1. The van der Waals surface area contributed by atoms with Gasteiger partial charge in [-0.2, -0.15) is 0 Å². The van der Waals surface area contributed by atoms with Gasteiger partial charge in [0.2, 0.25) is 0 Å². The summed E-state index contributed by atoms with van der Waals surface area (Å²) < 4.78 is 0. The minimum absolute atomic E-state index is 0.213. The minimum atomic E-state index is -0.252. The van der Waals surface area contributed by atoms with E-state index in [1.807, 2.05) is 31.2 Å². The molecular formula is C15H13ClN2OS. The van der Waals surface area contributed by atoms with E-state index in [0.717, 1.165) is 5.56 Å². The van der Waals surface area contributed by atoms with E-state index in [2.05, 4.69) is 10.6 Å². The SMILES string of the molecule is Cc1cccc(C(=O)NC(=S)Nc2ccccc2Cl)c1. The predicted octanol–water partition coefficient (Wildman–Crippen LogP) is 3.78. The van der Waals surface area contributed by atoms with Crippen molar-refractivity contribution in [2.24, 2.45) is 0 Å². The number of amides is 1. The van der Waals surface area contributed by atoms with Crippen LogP contribution in [0.3, 0.4) is 0 Å². The number of anilines is 1. The van der Waals surface area contributed by atoms with Gasteiger partial charge in [0.15, 0.2) is 5.11 Å². The first-order chi connectivity index (χ1) is 9.56. The van der Waals surface area contributed by atoms with E-state index >= 15 is 0 Å². The molecule has 0 aliphatic carbocycles. The van der Waals surface area contributed by atoms with Crippen LogP contribution in [0.1, 0.15) is 15.9 Å². The maximum Gasteiger partial charge on any atom is 0.257 e. The summed E-state index contributed by atoms with van der Waals surface area (Å²) in [6, 6.07) is 14.5. The molecule has 2 rings (SSSR count). The highest BCUT2D eigenvalue weighted by atomic mass is 35.5. The highest BCUT2D eigenvalue weighted by Crippen LogP contribution is 2.20. The largest absolute Gasteiger partial charge is 0.331 e. The van der Waals surface area contributed by atoms with Crippen LogP contribution in [0.25, 0.3) is 0 Å². The van der Waals surface area contributed by atoms with Gasteiger partial charge in [-0.05, 0) is 43.4 Å². The Hall–Kier alpha value is -1.91. The van der Waals surface area contributed by atoms with Crippen molar-refractivity contribution in [2.75, 3.05) is 5.32 Å². The van der Waals surface area contributed by atoms with Crippen LogP contribution in [0.4, 0.5) is 5.69 Å².